The Labute approximate surface area is 178 Å². The third-order valence-corrected chi connectivity index (χ3v) is 4.94. The Balaban J connectivity index is 1.63. The number of piperidine rings is 1. The van der Waals surface area contributed by atoms with Gasteiger partial charge in [-0.25, -0.2) is 4.39 Å². The van der Waals surface area contributed by atoms with E-state index in [0.717, 1.165) is 32.4 Å². The van der Waals surface area contributed by atoms with Crippen LogP contribution in [0.25, 0.3) is 0 Å². The van der Waals surface area contributed by atoms with Crippen molar-refractivity contribution in [3.63, 3.8) is 0 Å². The van der Waals surface area contributed by atoms with E-state index in [0.29, 0.717) is 5.69 Å². The molecule has 31 heavy (non-hydrogen) atoms. The zero-order valence-electron chi connectivity index (χ0n) is 17.0. The van der Waals surface area contributed by atoms with Crippen LogP contribution in [0.1, 0.15) is 36.5 Å². The summed E-state index contributed by atoms with van der Waals surface area (Å²) in [5.74, 6) is -2.15. The van der Waals surface area contributed by atoms with Crippen LogP contribution in [0, 0.1) is 15.9 Å². The van der Waals surface area contributed by atoms with Gasteiger partial charge in [0.05, 0.1) is 4.92 Å². The highest BCUT2D eigenvalue weighted by Crippen LogP contribution is 2.31. The quantitative estimate of drug-likeness (QED) is 0.538. The van der Waals surface area contributed by atoms with E-state index in [9.17, 15) is 24.1 Å². The summed E-state index contributed by atoms with van der Waals surface area (Å²) in [5, 5.41) is 11.5. The molecule has 3 rings (SSSR count). The number of nitrogens with zero attached hydrogens (tertiary/aromatic N) is 2. The highest BCUT2D eigenvalue weighted by Gasteiger charge is 2.24. The third kappa shape index (κ3) is 5.47. The number of halogens is 1. The van der Waals surface area contributed by atoms with Crippen LogP contribution in [0.15, 0.2) is 42.5 Å². The second-order valence-electron chi connectivity index (χ2n) is 7.14. The van der Waals surface area contributed by atoms with Crippen LogP contribution in [0.3, 0.4) is 0 Å². The molecule has 1 fully saturated rings. The normalized spacial score (nSPS) is 14.5. The van der Waals surface area contributed by atoms with E-state index in [4.69, 9.17) is 4.74 Å². The number of anilines is 1. The standard InChI is InChI=1S/C21H23FN4O5/c1-14(31-19-8-4-3-7-16(19)22)20(27)23-24-21(28)15-9-10-17(18(13-15)26(29)30)25-11-5-2-6-12-25/h3-4,7-10,13-14H,2,5-6,11-12H2,1H3,(H,23,27)(H,24,28). The fourth-order valence-electron chi connectivity index (χ4n) is 3.29. The Kier molecular flexibility index (Phi) is 7.01. The minimum absolute atomic E-state index is 0.0236. The largest absolute Gasteiger partial charge is 0.478 e. The molecule has 1 saturated heterocycles. The molecule has 1 aliphatic rings. The maximum atomic E-state index is 13.6. The van der Waals surface area contributed by atoms with Crippen LogP contribution in [-0.2, 0) is 4.79 Å². The fourth-order valence-corrected chi connectivity index (χ4v) is 3.29. The lowest BCUT2D eigenvalue weighted by atomic mass is 10.1. The van der Waals surface area contributed by atoms with Crippen LogP contribution >= 0.6 is 0 Å². The van der Waals surface area contributed by atoms with Gasteiger partial charge in [-0.05, 0) is 50.5 Å². The maximum absolute atomic E-state index is 13.6. The molecule has 1 heterocycles. The number of hydrazine groups is 1. The van der Waals surface area contributed by atoms with Gasteiger partial charge in [-0.1, -0.05) is 12.1 Å². The van der Waals surface area contributed by atoms with Crippen molar-refractivity contribution in [3.05, 3.63) is 64.0 Å². The van der Waals surface area contributed by atoms with E-state index in [1.165, 1.54) is 37.3 Å². The van der Waals surface area contributed by atoms with Crippen molar-refractivity contribution in [2.45, 2.75) is 32.3 Å². The van der Waals surface area contributed by atoms with Gasteiger partial charge in [0.1, 0.15) is 5.69 Å². The van der Waals surface area contributed by atoms with Crippen LogP contribution < -0.4 is 20.5 Å². The molecule has 1 atom stereocenters. The van der Waals surface area contributed by atoms with Crippen molar-refractivity contribution in [1.82, 2.24) is 10.9 Å². The van der Waals surface area contributed by atoms with Gasteiger partial charge in [0.25, 0.3) is 17.5 Å². The molecule has 0 saturated carbocycles. The smallest absolute Gasteiger partial charge is 0.293 e. The third-order valence-electron chi connectivity index (χ3n) is 4.94. The number of carbonyl (C=O) groups excluding carboxylic acids is 2. The van der Waals surface area contributed by atoms with Crippen LogP contribution in [-0.4, -0.2) is 35.9 Å². The highest BCUT2D eigenvalue weighted by atomic mass is 19.1. The molecular formula is C21H23FN4O5. The summed E-state index contributed by atoms with van der Waals surface area (Å²) >= 11 is 0. The first-order valence-electron chi connectivity index (χ1n) is 9.91. The average Bonchev–Trinajstić information content (AvgIpc) is 2.78. The van der Waals surface area contributed by atoms with Crippen LogP contribution in [0.4, 0.5) is 15.8 Å². The number of ether oxygens (including phenoxy) is 1. The van der Waals surface area contributed by atoms with E-state index in [1.54, 1.807) is 12.1 Å². The van der Waals surface area contributed by atoms with Crippen LogP contribution in [0.5, 0.6) is 5.75 Å². The molecule has 2 aromatic rings. The van der Waals surface area contributed by atoms with Crippen molar-refractivity contribution in [1.29, 1.82) is 0 Å². The summed E-state index contributed by atoms with van der Waals surface area (Å²) in [6, 6.07) is 9.82. The lowest BCUT2D eigenvalue weighted by Gasteiger charge is -2.28. The molecule has 164 valence electrons. The lowest BCUT2D eigenvalue weighted by Crippen LogP contribution is -2.47. The minimum atomic E-state index is -1.09. The molecule has 2 N–H and O–H groups in total. The Bertz CT molecular complexity index is 978. The molecule has 0 radical (unpaired) electrons. The van der Waals surface area contributed by atoms with Crippen molar-refractivity contribution in [2.24, 2.45) is 0 Å². The molecule has 2 aromatic carbocycles. The molecule has 1 unspecified atom stereocenters. The number of benzene rings is 2. The molecule has 10 heteroatoms. The monoisotopic (exact) mass is 430 g/mol. The summed E-state index contributed by atoms with van der Waals surface area (Å²) in [5.41, 5.74) is 4.70. The second-order valence-corrected chi connectivity index (χ2v) is 7.14. The van der Waals surface area contributed by atoms with Crippen LogP contribution in [0.2, 0.25) is 0 Å². The van der Waals surface area contributed by atoms with Gasteiger partial charge < -0.3 is 9.64 Å². The zero-order chi connectivity index (χ0) is 22.4. The summed E-state index contributed by atoms with van der Waals surface area (Å²) in [6.45, 7) is 2.84. The summed E-state index contributed by atoms with van der Waals surface area (Å²) in [6.07, 6.45) is 1.91. The first kappa shape index (κ1) is 22.0. The molecule has 0 aliphatic carbocycles. The molecule has 9 nitrogen and oxygen atoms in total. The van der Waals surface area contributed by atoms with Crippen molar-refractivity contribution >= 4 is 23.2 Å². The number of carbonyl (C=O) groups is 2. The van der Waals surface area contributed by atoms with Gasteiger partial charge in [0.2, 0.25) is 0 Å². The number of rotatable bonds is 6. The van der Waals surface area contributed by atoms with E-state index in [2.05, 4.69) is 10.9 Å². The van der Waals surface area contributed by atoms with Gasteiger partial charge >= 0.3 is 0 Å². The Hall–Kier alpha value is -3.69. The molecule has 0 spiro atoms. The number of hydrogen-bond acceptors (Lipinski definition) is 6. The first-order valence-corrected chi connectivity index (χ1v) is 9.91. The maximum Gasteiger partial charge on any atom is 0.293 e. The predicted molar refractivity (Wildman–Crippen MR) is 111 cm³/mol. The number of nitro benzene ring substituents is 1. The zero-order valence-corrected chi connectivity index (χ0v) is 17.0. The summed E-state index contributed by atoms with van der Waals surface area (Å²) in [4.78, 5) is 37.5. The molecule has 0 aromatic heterocycles. The first-order chi connectivity index (χ1) is 14.9. The highest BCUT2D eigenvalue weighted by molar-refractivity contribution is 5.97. The van der Waals surface area contributed by atoms with Crippen molar-refractivity contribution < 1.29 is 23.6 Å². The fraction of sp³-hybridized carbons (Fsp3) is 0.333. The van der Waals surface area contributed by atoms with Gasteiger partial charge in [-0.3, -0.25) is 30.6 Å². The topological polar surface area (TPSA) is 114 Å². The molecule has 2 amide bonds. The summed E-state index contributed by atoms with van der Waals surface area (Å²) < 4.78 is 18.9. The Morgan fingerprint density at radius 1 is 1.13 bits per heavy atom. The average molecular weight is 430 g/mol. The number of nitrogens with one attached hydrogen (secondary N) is 2. The molecule has 1 aliphatic heterocycles. The van der Waals surface area contributed by atoms with Gasteiger partial charge in [0.15, 0.2) is 17.7 Å². The lowest BCUT2D eigenvalue weighted by molar-refractivity contribution is -0.384. The number of nitro groups is 1. The second kappa shape index (κ2) is 9.88. The van der Waals surface area contributed by atoms with Gasteiger partial charge in [0, 0.05) is 24.7 Å². The molecular weight excluding hydrogens is 407 g/mol. The number of hydrogen-bond donors (Lipinski definition) is 2. The summed E-state index contributed by atoms with van der Waals surface area (Å²) in [7, 11) is 0. The van der Waals surface area contributed by atoms with E-state index >= 15 is 0 Å². The van der Waals surface area contributed by atoms with Crippen molar-refractivity contribution in [3.8, 4) is 5.75 Å². The van der Waals surface area contributed by atoms with Gasteiger partial charge in [-0.15, -0.1) is 0 Å². The number of amides is 2. The Morgan fingerprint density at radius 3 is 2.52 bits per heavy atom. The van der Waals surface area contributed by atoms with E-state index in [1.807, 2.05) is 4.90 Å². The van der Waals surface area contributed by atoms with Crippen molar-refractivity contribution in [2.75, 3.05) is 18.0 Å². The number of para-hydroxylation sites is 1. The molecule has 0 bridgehead atoms. The predicted octanol–water partition coefficient (Wildman–Crippen LogP) is 2.95. The van der Waals surface area contributed by atoms with E-state index < -0.39 is 28.7 Å². The SMILES string of the molecule is CC(Oc1ccccc1F)C(=O)NNC(=O)c1ccc(N2CCCCC2)c([N+](=O)[O-])c1. The minimum Gasteiger partial charge on any atom is -0.478 e. The Morgan fingerprint density at radius 2 is 1.84 bits per heavy atom. The van der Waals surface area contributed by atoms with Gasteiger partial charge in [-0.2, -0.15) is 0 Å². The van der Waals surface area contributed by atoms with E-state index in [-0.39, 0.29) is 17.0 Å².